The molecule has 0 saturated heterocycles. The van der Waals surface area contributed by atoms with Crippen molar-refractivity contribution < 1.29 is 24.2 Å². The lowest BCUT2D eigenvalue weighted by atomic mass is 10.0. The van der Waals surface area contributed by atoms with E-state index in [0.717, 1.165) is 73.0 Å². The van der Waals surface area contributed by atoms with Crippen LogP contribution in [0, 0.1) is 0 Å². The van der Waals surface area contributed by atoms with Crippen LogP contribution in [-0.2, 0) is 13.0 Å². The Morgan fingerprint density at radius 3 is 2.15 bits per heavy atom. The number of imidazole rings is 1. The molecular formula is C35H45N7O5. The summed E-state index contributed by atoms with van der Waals surface area (Å²) in [4.78, 5) is 37.0. The van der Waals surface area contributed by atoms with Crippen molar-refractivity contribution in [1.82, 2.24) is 19.5 Å². The predicted molar refractivity (Wildman–Crippen MR) is 187 cm³/mol. The average Bonchev–Trinajstić information content (AvgIpc) is 3.43. The summed E-state index contributed by atoms with van der Waals surface area (Å²) in [5, 5.41) is 8.60. The largest absolute Gasteiger partial charge is 0.495 e. The first kappa shape index (κ1) is 36.1. The van der Waals surface area contributed by atoms with Crippen LogP contribution in [0.5, 0.6) is 11.5 Å². The molecule has 2 aromatic carbocycles. The number of methoxy groups -OCH3 is 2. The molecule has 0 amide bonds. The summed E-state index contributed by atoms with van der Waals surface area (Å²) in [6.07, 6.45) is 7.97. The van der Waals surface area contributed by atoms with Crippen molar-refractivity contribution in [2.75, 3.05) is 31.4 Å². The fraction of sp³-hybridized carbons (Fsp3) is 0.343. The van der Waals surface area contributed by atoms with Crippen molar-refractivity contribution in [3.8, 4) is 11.5 Å². The second-order valence-electron chi connectivity index (χ2n) is 10.8. The molecule has 5 aromatic rings. The summed E-state index contributed by atoms with van der Waals surface area (Å²) in [6, 6.07) is 13.3. The van der Waals surface area contributed by atoms with Crippen LogP contribution >= 0.6 is 0 Å². The first-order valence-corrected chi connectivity index (χ1v) is 15.2. The number of benzene rings is 2. The number of nitrogen functional groups attached to an aromatic ring is 3. The van der Waals surface area contributed by atoms with Crippen molar-refractivity contribution in [3.05, 3.63) is 71.7 Å². The highest BCUT2D eigenvalue weighted by Gasteiger charge is 2.18. The molecule has 5 rings (SSSR count). The molecule has 0 aliphatic carbocycles. The maximum Gasteiger partial charge on any atom is 0.335 e. The number of carboxylic acid groups (broad SMARTS) is 1. The summed E-state index contributed by atoms with van der Waals surface area (Å²) in [7, 11) is 2.99. The predicted octanol–water partition coefficient (Wildman–Crippen LogP) is 6.55. The number of ketones is 1. The topological polar surface area (TPSA) is 194 Å². The van der Waals surface area contributed by atoms with E-state index in [4.69, 9.17) is 36.8 Å². The number of aryl methyl sites for hydroxylation is 2. The second kappa shape index (κ2) is 16.8. The van der Waals surface area contributed by atoms with Crippen molar-refractivity contribution in [2.24, 2.45) is 0 Å². The third kappa shape index (κ3) is 8.66. The molecule has 0 bridgehead atoms. The first-order valence-electron chi connectivity index (χ1n) is 15.2. The van der Waals surface area contributed by atoms with Crippen LogP contribution in [-0.4, -0.2) is 50.6 Å². The number of nitrogens with two attached hydrogens (primary N) is 3. The van der Waals surface area contributed by atoms with Crippen molar-refractivity contribution in [1.29, 1.82) is 0 Å². The lowest BCUT2D eigenvalue weighted by Gasteiger charge is -2.11. The molecule has 0 radical (unpaired) electrons. The number of pyridine rings is 2. The summed E-state index contributed by atoms with van der Waals surface area (Å²) in [5.74, 6) is 1.49. The van der Waals surface area contributed by atoms with Gasteiger partial charge in [-0.1, -0.05) is 27.2 Å². The zero-order chi connectivity index (χ0) is 33.2. The molecule has 12 heteroatoms. The lowest BCUT2D eigenvalue weighted by molar-refractivity contribution is 0.0696. The summed E-state index contributed by atoms with van der Waals surface area (Å²) in [6.45, 7) is 2.97. The Kier molecular flexibility index (Phi) is 12.9. The highest BCUT2D eigenvalue weighted by molar-refractivity contribution is 6.04. The van der Waals surface area contributed by atoms with Gasteiger partial charge < -0.3 is 36.3 Å². The minimum atomic E-state index is -0.992. The number of ether oxygens (including phenoxy) is 2. The van der Waals surface area contributed by atoms with Gasteiger partial charge in [0.2, 0.25) is 0 Å². The van der Waals surface area contributed by atoms with Crippen LogP contribution in [0.4, 0.5) is 17.2 Å². The summed E-state index contributed by atoms with van der Waals surface area (Å²) < 4.78 is 12.3. The van der Waals surface area contributed by atoms with Gasteiger partial charge in [0.05, 0.1) is 36.7 Å². The van der Waals surface area contributed by atoms with Gasteiger partial charge in [-0.05, 0) is 67.8 Å². The number of aromatic nitrogens is 4. The number of unbranched alkanes of at least 4 members (excludes halogenated alkanes) is 3. The van der Waals surface area contributed by atoms with Crippen LogP contribution in [0.1, 0.15) is 79.4 Å². The fourth-order valence-corrected chi connectivity index (χ4v) is 5.14. The monoisotopic (exact) mass is 643 g/mol. The molecule has 12 nitrogen and oxygen atoms in total. The van der Waals surface area contributed by atoms with E-state index in [1.165, 1.54) is 25.3 Å². The third-order valence-corrected chi connectivity index (χ3v) is 7.62. The minimum absolute atomic E-state index is 0. The number of anilines is 3. The summed E-state index contributed by atoms with van der Waals surface area (Å²) >= 11 is 0. The van der Waals surface area contributed by atoms with Gasteiger partial charge in [0.15, 0.2) is 11.6 Å². The number of hydrogen-bond acceptors (Lipinski definition) is 10. The van der Waals surface area contributed by atoms with Gasteiger partial charge in [-0.3, -0.25) is 9.78 Å². The molecule has 47 heavy (non-hydrogen) atoms. The van der Waals surface area contributed by atoms with Crippen molar-refractivity contribution in [3.63, 3.8) is 0 Å². The number of nitrogens with zero attached hydrogens (tertiary/aromatic N) is 4. The van der Waals surface area contributed by atoms with Gasteiger partial charge >= 0.3 is 5.97 Å². The number of carbonyl (C=O) groups is 2. The zero-order valence-electron chi connectivity index (χ0n) is 26.5. The Morgan fingerprint density at radius 1 is 0.851 bits per heavy atom. The molecule has 0 aliphatic heterocycles. The van der Waals surface area contributed by atoms with Gasteiger partial charge in [-0.2, -0.15) is 0 Å². The number of carboxylic acids is 1. The molecule has 0 fully saturated rings. The van der Waals surface area contributed by atoms with Gasteiger partial charge in [0, 0.05) is 31.1 Å². The normalized spacial score (nSPS) is 10.6. The average molecular weight is 644 g/mol. The van der Waals surface area contributed by atoms with Gasteiger partial charge in [-0.15, -0.1) is 0 Å². The highest BCUT2D eigenvalue weighted by Crippen LogP contribution is 2.29. The minimum Gasteiger partial charge on any atom is -0.495 e. The SMILES string of the molecule is C.CCCCc1nc2c(N)nc3cccnc3c2n1CCCCCC(=O)c1ccc(N)c(OC)c1.COc1cc(C(=O)O)ccc1N. The Bertz CT molecular complexity index is 1840. The van der Waals surface area contributed by atoms with E-state index in [-0.39, 0.29) is 18.8 Å². The quantitative estimate of drug-likeness (QED) is 0.0617. The number of fused-ring (bicyclic) bond motifs is 3. The molecule has 0 aliphatic rings. The fourth-order valence-electron chi connectivity index (χ4n) is 5.14. The number of hydrogen-bond donors (Lipinski definition) is 4. The molecule has 0 unspecified atom stereocenters. The molecule has 3 aromatic heterocycles. The van der Waals surface area contributed by atoms with Crippen LogP contribution in [0.2, 0.25) is 0 Å². The second-order valence-corrected chi connectivity index (χ2v) is 10.8. The molecule has 0 atom stereocenters. The molecule has 3 heterocycles. The van der Waals surface area contributed by atoms with Crippen LogP contribution in [0.3, 0.4) is 0 Å². The van der Waals surface area contributed by atoms with Crippen molar-refractivity contribution in [2.45, 2.75) is 65.8 Å². The van der Waals surface area contributed by atoms with Crippen LogP contribution in [0.15, 0.2) is 54.7 Å². The smallest absolute Gasteiger partial charge is 0.335 e. The Labute approximate surface area is 274 Å². The number of carbonyl (C=O) groups excluding carboxylic acids is 1. The number of rotatable bonds is 13. The molecule has 0 saturated carbocycles. The van der Waals surface area contributed by atoms with E-state index < -0.39 is 5.97 Å². The van der Waals surface area contributed by atoms with E-state index in [9.17, 15) is 9.59 Å². The molecule has 250 valence electrons. The Morgan fingerprint density at radius 2 is 1.51 bits per heavy atom. The number of Topliss-reactive ketones (excluding diaryl/α,β-unsaturated/α-hetero) is 1. The van der Waals surface area contributed by atoms with Gasteiger partial charge in [0.1, 0.15) is 33.9 Å². The maximum atomic E-state index is 12.6. The molecule has 7 N–H and O–H groups in total. The molecular weight excluding hydrogens is 598 g/mol. The Hall–Kier alpha value is -5.39. The van der Waals surface area contributed by atoms with E-state index in [2.05, 4.69) is 21.5 Å². The van der Waals surface area contributed by atoms with E-state index in [1.807, 2.05) is 12.1 Å². The van der Waals surface area contributed by atoms with E-state index in [1.54, 1.807) is 31.5 Å². The van der Waals surface area contributed by atoms with Crippen molar-refractivity contribution >= 4 is 51.0 Å². The molecule has 0 spiro atoms. The lowest BCUT2D eigenvalue weighted by Crippen LogP contribution is -2.06. The van der Waals surface area contributed by atoms with Gasteiger partial charge in [-0.25, -0.2) is 14.8 Å². The Balaban J connectivity index is 0.000000391. The maximum absolute atomic E-state index is 12.6. The highest BCUT2D eigenvalue weighted by atomic mass is 16.5. The van der Waals surface area contributed by atoms with Gasteiger partial charge in [0.25, 0.3) is 0 Å². The first-order chi connectivity index (χ1) is 22.2. The van der Waals surface area contributed by atoms with Crippen LogP contribution in [0.25, 0.3) is 22.1 Å². The third-order valence-electron chi connectivity index (χ3n) is 7.62. The number of aromatic carboxylic acids is 1. The van der Waals surface area contributed by atoms with E-state index in [0.29, 0.717) is 40.7 Å². The standard InChI is InChI=1S/C26H32N6O2.C8H9NO3.CH4/c1-3-4-11-22-31-24-25(23-19(30-26(24)28)9-8-14-29-23)32(22)15-7-5-6-10-20(33)17-12-13-18(27)21(16-17)34-2;1-12-7-4-5(8(10)11)2-3-6(7)9;/h8-9,12-14,16H,3-7,10-11,15,27H2,1-2H3,(H2,28,30);2-4H,9H2,1H3,(H,10,11);1H4. The van der Waals surface area contributed by atoms with E-state index >= 15 is 0 Å². The summed E-state index contributed by atoms with van der Waals surface area (Å²) in [5.41, 5.74) is 22.6. The van der Waals surface area contributed by atoms with Crippen LogP contribution < -0.4 is 26.7 Å². The zero-order valence-corrected chi connectivity index (χ0v) is 26.5.